The molecule has 2 aliphatic carbocycles. The predicted octanol–water partition coefficient (Wildman–Crippen LogP) is 3.13. The lowest BCUT2D eigenvalue weighted by molar-refractivity contribution is -0.140. The number of imide groups is 1. The van der Waals surface area contributed by atoms with Gasteiger partial charge in [-0.25, -0.2) is 0 Å². The molecule has 1 heterocycles. The standard InChI is InChI=1S/C23H24N2O4/c1-4-6-17-10-14(11-18(28-3)21(17)29-9-5-2)13-24-25-22(26)19-15-7-8-16(12-15)20(19)23(25)27/h4-5,7-8,10-11,13,15-16,19-20H,1-2,6,9,12H2,3H3. The maximum absolute atomic E-state index is 12.8. The average Bonchev–Trinajstić information content (AvgIpc) is 3.40. The van der Waals surface area contributed by atoms with Gasteiger partial charge in [-0.15, -0.1) is 6.58 Å². The molecule has 0 aromatic heterocycles. The van der Waals surface area contributed by atoms with Crippen LogP contribution in [0.2, 0.25) is 0 Å². The number of hydrogen-bond acceptors (Lipinski definition) is 5. The van der Waals surface area contributed by atoms with E-state index in [9.17, 15) is 9.59 Å². The second-order valence-corrected chi connectivity index (χ2v) is 7.54. The van der Waals surface area contributed by atoms with Crippen LogP contribution < -0.4 is 9.47 Å². The maximum atomic E-state index is 12.8. The van der Waals surface area contributed by atoms with Gasteiger partial charge in [0.15, 0.2) is 11.5 Å². The number of nitrogens with zero attached hydrogens (tertiary/aromatic N) is 2. The molecule has 1 aliphatic heterocycles. The third-order valence-corrected chi connectivity index (χ3v) is 5.85. The van der Waals surface area contributed by atoms with Gasteiger partial charge in [-0.05, 0) is 42.4 Å². The molecule has 150 valence electrons. The number of rotatable bonds is 8. The molecule has 1 saturated carbocycles. The number of carbonyl (C=O) groups excluding carboxylic acids is 2. The number of allylic oxidation sites excluding steroid dienone is 3. The predicted molar refractivity (Wildman–Crippen MR) is 110 cm³/mol. The first-order chi connectivity index (χ1) is 14.1. The fraction of sp³-hybridized carbons (Fsp3) is 0.348. The summed E-state index contributed by atoms with van der Waals surface area (Å²) >= 11 is 0. The summed E-state index contributed by atoms with van der Waals surface area (Å²) in [6.45, 7) is 7.81. The number of hydrazone groups is 1. The average molecular weight is 392 g/mol. The van der Waals surface area contributed by atoms with Crippen molar-refractivity contribution in [3.63, 3.8) is 0 Å². The highest BCUT2D eigenvalue weighted by atomic mass is 16.5. The molecule has 2 fully saturated rings. The zero-order valence-corrected chi connectivity index (χ0v) is 16.4. The van der Waals surface area contributed by atoms with Crippen molar-refractivity contribution in [2.45, 2.75) is 12.8 Å². The van der Waals surface area contributed by atoms with E-state index in [0.29, 0.717) is 30.1 Å². The zero-order chi connectivity index (χ0) is 20.5. The van der Waals surface area contributed by atoms with Gasteiger partial charge in [0.25, 0.3) is 11.8 Å². The lowest BCUT2D eigenvalue weighted by Gasteiger charge is -2.15. The molecule has 4 rings (SSSR count). The molecule has 4 unspecified atom stereocenters. The van der Waals surface area contributed by atoms with Crippen molar-refractivity contribution in [2.24, 2.45) is 28.8 Å². The summed E-state index contributed by atoms with van der Waals surface area (Å²) in [6, 6.07) is 3.66. The molecule has 2 amide bonds. The van der Waals surface area contributed by atoms with Crippen molar-refractivity contribution in [1.82, 2.24) is 5.01 Å². The fourth-order valence-corrected chi connectivity index (χ4v) is 4.65. The zero-order valence-electron chi connectivity index (χ0n) is 16.4. The molecule has 0 radical (unpaired) electrons. The Balaban J connectivity index is 1.60. The molecule has 0 spiro atoms. The van der Waals surface area contributed by atoms with E-state index in [1.54, 1.807) is 25.3 Å². The number of ether oxygens (including phenoxy) is 2. The number of hydrogen-bond donors (Lipinski definition) is 0. The van der Waals surface area contributed by atoms with E-state index in [4.69, 9.17) is 9.47 Å². The summed E-state index contributed by atoms with van der Waals surface area (Å²) in [5, 5.41) is 5.29. The molecule has 6 heteroatoms. The molecule has 6 nitrogen and oxygen atoms in total. The number of benzene rings is 1. The summed E-state index contributed by atoms with van der Waals surface area (Å²) in [5.41, 5.74) is 1.59. The van der Waals surface area contributed by atoms with Gasteiger partial charge in [-0.3, -0.25) is 9.59 Å². The number of carbonyl (C=O) groups is 2. The van der Waals surface area contributed by atoms with Crippen LogP contribution in [0.15, 0.2) is 54.7 Å². The van der Waals surface area contributed by atoms with Crippen molar-refractivity contribution in [2.75, 3.05) is 13.7 Å². The monoisotopic (exact) mass is 392 g/mol. The minimum atomic E-state index is -0.254. The summed E-state index contributed by atoms with van der Waals surface area (Å²) in [5.74, 6) is 0.602. The molecule has 0 N–H and O–H groups in total. The van der Waals surface area contributed by atoms with Crippen molar-refractivity contribution in [3.8, 4) is 11.5 Å². The van der Waals surface area contributed by atoms with E-state index in [-0.39, 0.29) is 35.5 Å². The van der Waals surface area contributed by atoms with Gasteiger partial charge in [0.05, 0.1) is 25.2 Å². The highest BCUT2D eigenvalue weighted by Gasteiger charge is 2.59. The van der Waals surface area contributed by atoms with E-state index >= 15 is 0 Å². The van der Waals surface area contributed by atoms with Crippen LogP contribution in [0.4, 0.5) is 0 Å². The first-order valence-electron chi connectivity index (χ1n) is 9.74. The smallest absolute Gasteiger partial charge is 0.254 e. The Hall–Kier alpha value is -3.15. The molecular formula is C23H24N2O4. The molecule has 1 saturated heterocycles. The molecule has 3 aliphatic rings. The lowest BCUT2D eigenvalue weighted by atomic mass is 9.85. The van der Waals surface area contributed by atoms with E-state index in [2.05, 4.69) is 30.4 Å². The van der Waals surface area contributed by atoms with Crippen LogP contribution in [-0.4, -0.2) is 36.8 Å². The van der Waals surface area contributed by atoms with Gasteiger partial charge in [0.2, 0.25) is 0 Å². The van der Waals surface area contributed by atoms with Crippen LogP contribution in [-0.2, 0) is 16.0 Å². The Kier molecular flexibility index (Phi) is 5.09. The van der Waals surface area contributed by atoms with Gasteiger partial charge < -0.3 is 9.47 Å². The second-order valence-electron chi connectivity index (χ2n) is 7.54. The molecule has 2 bridgehead atoms. The summed E-state index contributed by atoms with van der Waals surface area (Å²) < 4.78 is 11.2. The Morgan fingerprint density at radius 2 is 1.83 bits per heavy atom. The van der Waals surface area contributed by atoms with E-state index in [1.807, 2.05) is 6.07 Å². The number of fused-ring (bicyclic) bond motifs is 5. The normalized spacial score (nSPS) is 27.0. The number of amides is 2. The van der Waals surface area contributed by atoms with Gasteiger partial charge in [0.1, 0.15) is 6.61 Å². The minimum absolute atomic E-state index is 0.169. The van der Waals surface area contributed by atoms with Crippen LogP contribution in [0.1, 0.15) is 17.5 Å². The number of methoxy groups -OCH3 is 1. The van der Waals surface area contributed by atoms with Gasteiger partial charge >= 0.3 is 0 Å². The summed E-state index contributed by atoms with van der Waals surface area (Å²) in [6.07, 6.45) is 10.6. The van der Waals surface area contributed by atoms with Crippen molar-refractivity contribution in [3.05, 3.63) is 60.7 Å². The highest BCUT2D eigenvalue weighted by molar-refractivity contribution is 6.06. The Morgan fingerprint density at radius 1 is 1.14 bits per heavy atom. The van der Waals surface area contributed by atoms with Crippen molar-refractivity contribution >= 4 is 18.0 Å². The van der Waals surface area contributed by atoms with Gasteiger partial charge in [0, 0.05) is 5.56 Å². The topological polar surface area (TPSA) is 68.2 Å². The van der Waals surface area contributed by atoms with Crippen LogP contribution in [0.25, 0.3) is 0 Å². The van der Waals surface area contributed by atoms with Crippen LogP contribution in [0, 0.1) is 23.7 Å². The van der Waals surface area contributed by atoms with E-state index in [0.717, 1.165) is 17.0 Å². The SMILES string of the molecule is C=CCOc1c(CC=C)cc(C=NN2C(=O)C3C4C=CC(C4)C3C2=O)cc1OC. The van der Waals surface area contributed by atoms with Crippen molar-refractivity contribution < 1.29 is 19.1 Å². The van der Waals surface area contributed by atoms with Crippen LogP contribution in [0.3, 0.4) is 0 Å². The second kappa shape index (κ2) is 7.70. The Bertz CT molecular complexity index is 903. The Morgan fingerprint density at radius 3 is 2.41 bits per heavy atom. The Labute approximate surface area is 170 Å². The van der Waals surface area contributed by atoms with E-state index < -0.39 is 0 Å². The largest absolute Gasteiger partial charge is 0.493 e. The maximum Gasteiger partial charge on any atom is 0.254 e. The third-order valence-electron chi connectivity index (χ3n) is 5.85. The van der Waals surface area contributed by atoms with Crippen LogP contribution >= 0.6 is 0 Å². The van der Waals surface area contributed by atoms with E-state index in [1.165, 1.54) is 6.21 Å². The molecular weight excluding hydrogens is 368 g/mol. The molecule has 4 atom stereocenters. The molecule has 1 aromatic carbocycles. The van der Waals surface area contributed by atoms with Gasteiger partial charge in [-0.1, -0.05) is 30.9 Å². The molecule has 29 heavy (non-hydrogen) atoms. The third kappa shape index (κ3) is 3.18. The molecule has 1 aromatic rings. The first kappa shape index (κ1) is 19.2. The summed E-state index contributed by atoms with van der Waals surface area (Å²) in [4.78, 5) is 25.5. The summed E-state index contributed by atoms with van der Waals surface area (Å²) in [7, 11) is 1.56. The van der Waals surface area contributed by atoms with Gasteiger partial charge in [-0.2, -0.15) is 10.1 Å². The lowest BCUT2D eigenvalue weighted by Crippen LogP contribution is -2.28. The quantitative estimate of drug-likeness (QED) is 0.387. The minimum Gasteiger partial charge on any atom is -0.493 e. The highest BCUT2D eigenvalue weighted by Crippen LogP contribution is 2.52. The van der Waals surface area contributed by atoms with Crippen LogP contribution in [0.5, 0.6) is 11.5 Å². The fourth-order valence-electron chi connectivity index (χ4n) is 4.65. The first-order valence-corrected chi connectivity index (χ1v) is 9.74. The van der Waals surface area contributed by atoms with Crippen molar-refractivity contribution in [1.29, 1.82) is 0 Å².